The number of benzene rings is 2. The number of aryl methyl sites for hydroxylation is 2. The molecule has 1 amide bonds. The highest BCUT2D eigenvalue weighted by molar-refractivity contribution is 6.05. The lowest BCUT2D eigenvalue weighted by Crippen LogP contribution is -2.22. The van der Waals surface area contributed by atoms with Gasteiger partial charge in [0.25, 0.3) is 5.91 Å². The fourth-order valence-electron chi connectivity index (χ4n) is 3.37. The zero-order valence-corrected chi connectivity index (χ0v) is 17.8. The second-order valence-corrected chi connectivity index (χ2v) is 7.32. The predicted molar refractivity (Wildman–Crippen MR) is 115 cm³/mol. The molecule has 2 heterocycles. The second-order valence-electron chi connectivity index (χ2n) is 7.32. The lowest BCUT2D eigenvalue weighted by molar-refractivity contribution is -0.119. The molecule has 0 atom stereocenters. The van der Waals surface area contributed by atoms with E-state index in [4.69, 9.17) is 14.2 Å². The van der Waals surface area contributed by atoms with Gasteiger partial charge in [0.1, 0.15) is 0 Å². The van der Waals surface area contributed by atoms with Crippen LogP contribution in [0.5, 0.6) is 11.5 Å². The van der Waals surface area contributed by atoms with Gasteiger partial charge in [-0.2, -0.15) is 5.10 Å². The van der Waals surface area contributed by atoms with Crippen LogP contribution in [-0.4, -0.2) is 40.8 Å². The minimum atomic E-state index is -0.641. The summed E-state index contributed by atoms with van der Waals surface area (Å²) < 4.78 is 17.4. The van der Waals surface area contributed by atoms with Crippen molar-refractivity contribution in [3.63, 3.8) is 0 Å². The van der Waals surface area contributed by atoms with Crippen LogP contribution in [0.1, 0.15) is 39.0 Å². The monoisotopic (exact) mass is 435 g/mol. The Morgan fingerprint density at radius 2 is 1.75 bits per heavy atom. The van der Waals surface area contributed by atoms with E-state index in [1.54, 1.807) is 28.9 Å². The van der Waals surface area contributed by atoms with Crippen LogP contribution in [0.15, 0.2) is 42.5 Å². The molecule has 164 valence electrons. The smallest absolute Gasteiger partial charge is 0.338 e. The third-order valence-corrected chi connectivity index (χ3v) is 4.86. The summed E-state index contributed by atoms with van der Waals surface area (Å²) >= 11 is 0. The molecular formula is C23H21N3O6. The molecule has 1 aliphatic rings. The number of ether oxygens (including phenoxy) is 3. The van der Waals surface area contributed by atoms with Crippen molar-refractivity contribution in [2.45, 2.75) is 20.8 Å². The Bertz CT molecular complexity index is 1210. The number of fused-ring (bicyclic) bond motifs is 1. The molecule has 1 aliphatic heterocycles. The Kier molecular flexibility index (Phi) is 5.63. The van der Waals surface area contributed by atoms with Crippen molar-refractivity contribution >= 4 is 23.3 Å². The number of hydrogen-bond donors (Lipinski definition) is 1. The molecule has 0 aliphatic carbocycles. The molecule has 0 bridgehead atoms. The molecule has 3 aromatic rings. The molecule has 0 fully saturated rings. The van der Waals surface area contributed by atoms with Crippen molar-refractivity contribution in [1.82, 2.24) is 9.78 Å². The number of esters is 1. The zero-order valence-electron chi connectivity index (χ0n) is 17.8. The van der Waals surface area contributed by atoms with Crippen LogP contribution in [0, 0.1) is 13.8 Å². The number of anilines is 1. The summed E-state index contributed by atoms with van der Waals surface area (Å²) in [6, 6.07) is 11.7. The molecule has 1 aromatic heterocycles. The highest BCUT2D eigenvalue weighted by atomic mass is 16.7. The number of rotatable bonds is 6. The van der Waals surface area contributed by atoms with E-state index < -0.39 is 18.5 Å². The fraction of sp³-hybridized carbons (Fsp3) is 0.217. The first-order valence-electron chi connectivity index (χ1n) is 9.87. The largest absolute Gasteiger partial charge is 0.454 e. The van der Waals surface area contributed by atoms with Crippen molar-refractivity contribution in [3.8, 4) is 17.2 Å². The van der Waals surface area contributed by atoms with Crippen molar-refractivity contribution < 1.29 is 28.6 Å². The van der Waals surface area contributed by atoms with Gasteiger partial charge in [0.15, 0.2) is 23.9 Å². The van der Waals surface area contributed by atoms with Crippen molar-refractivity contribution in [2.75, 3.05) is 18.7 Å². The number of nitrogens with one attached hydrogen (secondary N) is 1. The van der Waals surface area contributed by atoms with Gasteiger partial charge in [-0.1, -0.05) is 0 Å². The summed E-state index contributed by atoms with van der Waals surface area (Å²) in [6.45, 7) is 4.76. The third kappa shape index (κ3) is 4.31. The number of carbonyl (C=O) groups excluding carboxylic acids is 3. The van der Waals surface area contributed by atoms with E-state index in [1.807, 2.05) is 19.9 Å². The van der Waals surface area contributed by atoms with Crippen LogP contribution in [0.2, 0.25) is 0 Å². The Hall–Kier alpha value is -4.14. The Balaban J connectivity index is 1.39. The first kappa shape index (κ1) is 21.1. The van der Waals surface area contributed by atoms with Crippen LogP contribution in [-0.2, 0) is 9.53 Å². The number of carbonyl (C=O) groups is 3. The standard InChI is InChI=1S/C23H21N3O6/c1-13-8-14(2)26(25-13)17-6-4-16(5-7-17)23(29)30-11-22(28)24-19-10-21-20(31-12-32-21)9-18(19)15(3)27/h4-10H,11-12H2,1-3H3,(H,24,28). The number of Topliss-reactive ketones (excluding diaryl/α,β-unsaturated/α-hetero) is 1. The maximum atomic E-state index is 12.3. The molecule has 0 unspecified atom stereocenters. The van der Waals surface area contributed by atoms with Crippen molar-refractivity contribution in [1.29, 1.82) is 0 Å². The molecule has 4 rings (SSSR count). The lowest BCUT2D eigenvalue weighted by Gasteiger charge is -2.11. The zero-order chi connectivity index (χ0) is 22.8. The number of amides is 1. The van der Waals surface area contributed by atoms with Gasteiger partial charge >= 0.3 is 5.97 Å². The van der Waals surface area contributed by atoms with Crippen LogP contribution in [0.3, 0.4) is 0 Å². The highest BCUT2D eigenvalue weighted by Crippen LogP contribution is 2.37. The molecule has 9 heteroatoms. The predicted octanol–water partition coefficient (Wildman–Crippen LogP) is 3.22. The Labute approximate surface area is 183 Å². The second kappa shape index (κ2) is 8.54. The van der Waals surface area contributed by atoms with Gasteiger partial charge in [-0.25, -0.2) is 9.48 Å². The van der Waals surface area contributed by atoms with Gasteiger partial charge < -0.3 is 19.5 Å². The third-order valence-electron chi connectivity index (χ3n) is 4.86. The van der Waals surface area contributed by atoms with E-state index in [1.165, 1.54) is 19.1 Å². The number of hydrogen-bond acceptors (Lipinski definition) is 7. The topological polar surface area (TPSA) is 109 Å². The number of ketones is 1. The average Bonchev–Trinajstić information content (AvgIpc) is 3.36. The van der Waals surface area contributed by atoms with E-state index in [2.05, 4.69) is 10.4 Å². The maximum absolute atomic E-state index is 12.3. The SMILES string of the molecule is CC(=O)c1cc2c(cc1NC(=O)COC(=O)c1ccc(-n3nc(C)cc3C)cc1)OCO2. The summed E-state index contributed by atoms with van der Waals surface area (Å²) in [5.74, 6) is -0.622. The van der Waals surface area contributed by atoms with Crippen molar-refractivity contribution in [3.05, 3.63) is 65.0 Å². The summed E-state index contributed by atoms with van der Waals surface area (Å²) in [7, 11) is 0. The Morgan fingerprint density at radius 1 is 1.06 bits per heavy atom. The first-order chi connectivity index (χ1) is 15.3. The van der Waals surface area contributed by atoms with E-state index >= 15 is 0 Å². The van der Waals surface area contributed by atoms with Gasteiger partial charge in [-0.15, -0.1) is 0 Å². The lowest BCUT2D eigenvalue weighted by atomic mass is 10.1. The quantitative estimate of drug-likeness (QED) is 0.468. The average molecular weight is 435 g/mol. The molecule has 0 radical (unpaired) electrons. The van der Waals surface area contributed by atoms with Crippen LogP contribution in [0.4, 0.5) is 5.69 Å². The molecule has 0 saturated heterocycles. The van der Waals surface area contributed by atoms with Crippen LogP contribution < -0.4 is 14.8 Å². The summed E-state index contributed by atoms with van der Waals surface area (Å²) in [6.07, 6.45) is 0. The van der Waals surface area contributed by atoms with Gasteiger partial charge in [-0.05, 0) is 57.2 Å². The number of aromatic nitrogens is 2. The van der Waals surface area contributed by atoms with Crippen molar-refractivity contribution in [2.24, 2.45) is 0 Å². The Morgan fingerprint density at radius 3 is 2.38 bits per heavy atom. The maximum Gasteiger partial charge on any atom is 0.338 e. The molecule has 0 saturated carbocycles. The van der Waals surface area contributed by atoms with Gasteiger partial charge in [0.2, 0.25) is 6.79 Å². The van der Waals surface area contributed by atoms with E-state index in [0.717, 1.165) is 17.1 Å². The van der Waals surface area contributed by atoms with E-state index in [0.29, 0.717) is 17.1 Å². The van der Waals surface area contributed by atoms with Gasteiger partial charge in [0.05, 0.1) is 22.6 Å². The summed E-state index contributed by atoms with van der Waals surface area (Å²) in [5, 5.41) is 6.99. The van der Waals surface area contributed by atoms with Crippen LogP contribution in [0.25, 0.3) is 5.69 Å². The molecular weight excluding hydrogens is 414 g/mol. The minimum Gasteiger partial charge on any atom is -0.454 e. The molecule has 0 spiro atoms. The summed E-state index contributed by atoms with van der Waals surface area (Å²) in [4.78, 5) is 36.6. The minimum absolute atomic E-state index is 0.0417. The van der Waals surface area contributed by atoms with Gasteiger partial charge in [-0.3, -0.25) is 9.59 Å². The molecule has 9 nitrogen and oxygen atoms in total. The van der Waals surface area contributed by atoms with E-state index in [-0.39, 0.29) is 23.8 Å². The molecule has 2 aromatic carbocycles. The fourth-order valence-corrected chi connectivity index (χ4v) is 3.37. The van der Waals surface area contributed by atoms with Gasteiger partial charge in [0, 0.05) is 17.3 Å². The van der Waals surface area contributed by atoms with Crippen LogP contribution >= 0.6 is 0 Å². The van der Waals surface area contributed by atoms with E-state index in [9.17, 15) is 14.4 Å². The molecule has 1 N–H and O–H groups in total. The number of nitrogens with zero attached hydrogens (tertiary/aromatic N) is 2. The normalized spacial score (nSPS) is 11.8. The highest BCUT2D eigenvalue weighted by Gasteiger charge is 2.21. The summed E-state index contributed by atoms with van der Waals surface area (Å²) in [5.41, 5.74) is 3.51. The first-order valence-corrected chi connectivity index (χ1v) is 9.87. The molecule has 32 heavy (non-hydrogen) atoms.